The average Bonchev–Trinajstić information content (AvgIpc) is 3.23. The number of nitrogens with two attached hydrogens (primary N) is 1. The number of rotatable bonds is 5. The number of halogens is 2. The fraction of sp³-hybridized carbons (Fsp3) is 0.0714. The number of carbonyl (C=O) groups is 1. The standard InChI is InChI=1S/C28H21Cl2N3O2S/c1-15-6-8-17(9-7-15)22-14-19(16-10-12-18(35-2)13-11-16)23-25(31)26(36-28(23)33-22)27(34)32-21-5-3-4-20(29)24(21)30/h3-14H,31H2,1-2H3,(H,32,34). The third kappa shape index (κ3) is 4.51. The molecule has 0 saturated heterocycles. The average molecular weight is 534 g/mol. The Hall–Kier alpha value is -3.58. The second kappa shape index (κ2) is 9.82. The van der Waals surface area contributed by atoms with E-state index in [1.165, 1.54) is 11.3 Å². The predicted molar refractivity (Wildman–Crippen MR) is 151 cm³/mol. The van der Waals surface area contributed by atoms with Crippen LogP contribution < -0.4 is 15.8 Å². The molecule has 0 spiro atoms. The van der Waals surface area contributed by atoms with Gasteiger partial charge in [-0.3, -0.25) is 4.79 Å². The van der Waals surface area contributed by atoms with Crippen LogP contribution in [0.5, 0.6) is 5.75 Å². The number of ether oxygens (including phenoxy) is 1. The molecule has 0 aliphatic heterocycles. The number of nitrogen functional groups attached to an aromatic ring is 1. The molecule has 0 aliphatic rings. The number of nitrogens with one attached hydrogen (secondary N) is 1. The minimum Gasteiger partial charge on any atom is -0.497 e. The number of amides is 1. The van der Waals surface area contributed by atoms with Crippen LogP contribution in [0.3, 0.4) is 0 Å². The van der Waals surface area contributed by atoms with Crippen molar-refractivity contribution in [3.8, 4) is 28.1 Å². The molecule has 0 saturated carbocycles. The number of aromatic nitrogens is 1. The highest BCUT2D eigenvalue weighted by atomic mass is 35.5. The summed E-state index contributed by atoms with van der Waals surface area (Å²) in [6.07, 6.45) is 0. The van der Waals surface area contributed by atoms with Gasteiger partial charge in [0.1, 0.15) is 15.5 Å². The van der Waals surface area contributed by atoms with Crippen molar-refractivity contribution in [1.29, 1.82) is 0 Å². The molecule has 0 aliphatic carbocycles. The van der Waals surface area contributed by atoms with E-state index in [1.807, 2.05) is 61.5 Å². The first-order valence-corrected chi connectivity index (χ1v) is 12.6. The van der Waals surface area contributed by atoms with Gasteiger partial charge in [-0.2, -0.15) is 0 Å². The predicted octanol–water partition coefficient (Wildman–Crippen LogP) is 8.09. The number of methoxy groups -OCH3 is 1. The number of hydrogen-bond acceptors (Lipinski definition) is 5. The van der Waals surface area contributed by atoms with Crippen molar-refractivity contribution in [2.45, 2.75) is 6.92 Å². The molecule has 3 N–H and O–H groups in total. The first-order valence-electron chi connectivity index (χ1n) is 11.1. The van der Waals surface area contributed by atoms with Crippen LogP contribution in [0.15, 0.2) is 72.8 Å². The van der Waals surface area contributed by atoms with Gasteiger partial charge in [0.2, 0.25) is 0 Å². The van der Waals surface area contributed by atoms with Gasteiger partial charge in [-0.1, -0.05) is 71.2 Å². The molecule has 5 rings (SSSR count). The Kier molecular flexibility index (Phi) is 6.58. The number of anilines is 2. The van der Waals surface area contributed by atoms with E-state index in [1.54, 1.807) is 25.3 Å². The molecule has 3 aromatic carbocycles. The summed E-state index contributed by atoms with van der Waals surface area (Å²) in [6.45, 7) is 2.04. The van der Waals surface area contributed by atoms with E-state index in [0.717, 1.165) is 39.1 Å². The Labute approximate surface area is 222 Å². The molecule has 0 bridgehead atoms. The summed E-state index contributed by atoms with van der Waals surface area (Å²) in [7, 11) is 1.63. The monoisotopic (exact) mass is 533 g/mol. The van der Waals surface area contributed by atoms with Gasteiger partial charge in [0.25, 0.3) is 5.91 Å². The maximum atomic E-state index is 13.3. The molecule has 5 nitrogen and oxygen atoms in total. The summed E-state index contributed by atoms with van der Waals surface area (Å²) in [6, 6.07) is 23.0. The van der Waals surface area contributed by atoms with Gasteiger partial charge in [0.15, 0.2) is 0 Å². The van der Waals surface area contributed by atoms with Crippen LogP contribution in [-0.2, 0) is 0 Å². The van der Waals surface area contributed by atoms with Crippen molar-refractivity contribution in [1.82, 2.24) is 4.98 Å². The zero-order chi connectivity index (χ0) is 25.4. The van der Waals surface area contributed by atoms with Crippen LogP contribution in [0, 0.1) is 6.92 Å². The molecule has 1 amide bonds. The Morgan fingerprint density at radius 3 is 2.39 bits per heavy atom. The number of benzene rings is 3. The van der Waals surface area contributed by atoms with Crippen LogP contribution >= 0.6 is 34.5 Å². The van der Waals surface area contributed by atoms with Crippen LogP contribution in [0.4, 0.5) is 11.4 Å². The number of hydrogen-bond donors (Lipinski definition) is 2. The Bertz CT molecular complexity index is 1600. The first-order chi connectivity index (χ1) is 17.4. The normalized spacial score (nSPS) is 11.0. The van der Waals surface area contributed by atoms with Crippen molar-refractivity contribution in [3.05, 3.63) is 93.3 Å². The second-order valence-electron chi connectivity index (χ2n) is 8.23. The summed E-state index contributed by atoms with van der Waals surface area (Å²) in [5, 5.41) is 4.17. The number of nitrogens with zero attached hydrogens (tertiary/aromatic N) is 1. The molecular weight excluding hydrogens is 513 g/mol. The van der Waals surface area contributed by atoms with E-state index >= 15 is 0 Å². The number of thiophene rings is 1. The topological polar surface area (TPSA) is 77.2 Å². The quantitative estimate of drug-likeness (QED) is 0.239. The smallest absolute Gasteiger partial charge is 0.267 e. The van der Waals surface area contributed by atoms with E-state index < -0.39 is 0 Å². The molecule has 2 aromatic heterocycles. The van der Waals surface area contributed by atoms with Gasteiger partial charge in [0, 0.05) is 10.9 Å². The van der Waals surface area contributed by atoms with Crippen molar-refractivity contribution in [3.63, 3.8) is 0 Å². The highest BCUT2D eigenvalue weighted by molar-refractivity contribution is 7.21. The van der Waals surface area contributed by atoms with Gasteiger partial charge in [-0.15, -0.1) is 11.3 Å². The summed E-state index contributed by atoms with van der Waals surface area (Å²) < 4.78 is 5.32. The molecule has 0 unspecified atom stereocenters. The molecule has 0 radical (unpaired) electrons. The number of carbonyl (C=O) groups excluding carboxylic acids is 1. The molecular formula is C28H21Cl2N3O2S. The maximum Gasteiger partial charge on any atom is 0.267 e. The molecule has 0 atom stereocenters. The van der Waals surface area contributed by atoms with Gasteiger partial charge in [-0.05, 0) is 48.4 Å². The SMILES string of the molecule is COc1ccc(-c2cc(-c3ccc(C)cc3)nc3sc(C(=O)Nc4cccc(Cl)c4Cl)c(N)c23)cc1. The Morgan fingerprint density at radius 1 is 1.00 bits per heavy atom. The lowest BCUT2D eigenvalue weighted by Gasteiger charge is -2.10. The largest absolute Gasteiger partial charge is 0.497 e. The lowest BCUT2D eigenvalue weighted by atomic mass is 9.99. The molecule has 36 heavy (non-hydrogen) atoms. The zero-order valence-corrected chi connectivity index (χ0v) is 21.8. The van der Waals surface area contributed by atoms with Crippen molar-refractivity contribution >= 4 is 62.0 Å². The number of aryl methyl sites for hydroxylation is 1. The minimum atomic E-state index is -0.378. The van der Waals surface area contributed by atoms with Crippen LogP contribution in [0.1, 0.15) is 15.2 Å². The number of fused-ring (bicyclic) bond motifs is 1. The highest BCUT2D eigenvalue weighted by Gasteiger charge is 2.22. The van der Waals surface area contributed by atoms with E-state index in [-0.39, 0.29) is 10.9 Å². The Balaban J connectivity index is 1.67. The first kappa shape index (κ1) is 24.1. The van der Waals surface area contributed by atoms with E-state index in [2.05, 4.69) is 5.32 Å². The van der Waals surface area contributed by atoms with Gasteiger partial charge < -0.3 is 15.8 Å². The second-order valence-corrected chi connectivity index (χ2v) is 10.0. The summed E-state index contributed by atoms with van der Waals surface area (Å²) >= 11 is 13.6. The fourth-order valence-electron chi connectivity index (χ4n) is 3.94. The third-order valence-corrected chi connectivity index (χ3v) is 7.77. The lowest BCUT2D eigenvalue weighted by molar-refractivity contribution is 0.103. The minimum absolute atomic E-state index is 0.269. The molecule has 2 heterocycles. The number of pyridine rings is 1. The van der Waals surface area contributed by atoms with Gasteiger partial charge >= 0.3 is 0 Å². The molecule has 0 fully saturated rings. The van der Waals surface area contributed by atoms with Crippen LogP contribution in [0.25, 0.3) is 32.6 Å². The van der Waals surface area contributed by atoms with E-state index in [4.69, 9.17) is 38.7 Å². The maximum absolute atomic E-state index is 13.3. The van der Waals surface area contributed by atoms with Crippen molar-refractivity contribution in [2.75, 3.05) is 18.2 Å². The van der Waals surface area contributed by atoms with Gasteiger partial charge in [-0.25, -0.2) is 4.98 Å². The van der Waals surface area contributed by atoms with E-state index in [0.29, 0.717) is 26.1 Å². The van der Waals surface area contributed by atoms with Crippen LogP contribution in [0.2, 0.25) is 10.0 Å². The highest BCUT2D eigenvalue weighted by Crippen LogP contribution is 2.42. The Morgan fingerprint density at radius 2 is 1.69 bits per heavy atom. The summed E-state index contributed by atoms with van der Waals surface area (Å²) in [4.78, 5) is 19.2. The molecule has 8 heteroatoms. The van der Waals surface area contributed by atoms with Crippen LogP contribution in [-0.4, -0.2) is 18.0 Å². The summed E-state index contributed by atoms with van der Waals surface area (Å²) in [5.41, 5.74) is 12.1. The third-order valence-electron chi connectivity index (χ3n) is 5.85. The van der Waals surface area contributed by atoms with Crippen molar-refractivity contribution in [2.24, 2.45) is 0 Å². The fourth-order valence-corrected chi connectivity index (χ4v) is 5.30. The molecule has 5 aromatic rings. The lowest BCUT2D eigenvalue weighted by Crippen LogP contribution is -2.12. The van der Waals surface area contributed by atoms with Crippen molar-refractivity contribution < 1.29 is 9.53 Å². The molecule has 180 valence electrons. The van der Waals surface area contributed by atoms with Gasteiger partial charge in [0.05, 0.1) is 34.2 Å². The van der Waals surface area contributed by atoms with E-state index in [9.17, 15) is 4.79 Å². The zero-order valence-electron chi connectivity index (χ0n) is 19.4. The summed E-state index contributed by atoms with van der Waals surface area (Å²) in [5.74, 6) is 0.372.